The molecule has 1 aromatic heterocycles. The van der Waals surface area contributed by atoms with E-state index in [4.69, 9.17) is 4.74 Å². The summed E-state index contributed by atoms with van der Waals surface area (Å²) in [5.41, 5.74) is 1.85. The molecule has 2 bridgehead atoms. The van der Waals surface area contributed by atoms with E-state index in [1.807, 2.05) is 30.3 Å². The Bertz CT molecular complexity index is 900. The Morgan fingerprint density at radius 2 is 1.93 bits per heavy atom. The molecule has 4 heterocycles. The minimum absolute atomic E-state index is 0.249. The Morgan fingerprint density at radius 3 is 2.63 bits per heavy atom. The van der Waals surface area contributed by atoms with Crippen LogP contribution in [0.4, 0.5) is 4.39 Å². The summed E-state index contributed by atoms with van der Waals surface area (Å²) < 4.78 is 18.0. The van der Waals surface area contributed by atoms with Crippen LogP contribution in [0.25, 0.3) is 0 Å². The summed E-state index contributed by atoms with van der Waals surface area (Å²) in [5.74, 6) is 7.21. The van der Waals surface area contributed by atoms with Crippen molar-refractivity contribution >= 4 is 0 Å². The monoisotopic (exact) mass is 408 g/mol. The standard InChI is InChI=1S/C25H29FN2O2/c26-14-4-5-17-30-24-9-8-21(23(27-24)18-20-6-2-1-3-7-20)10-13-25(29)19-28-15-11-22(25)12-16-28/h1-3,6-9,22,29H,4-5,11-12,14-19H2. The lowest BCUT2D eigenvalue weighted by atomic mass is 9.75. The fourth-order valence-electron chi connectivity index (χ4n) is 4.33. The SMILES string of the molecule is OC1(C#Cc2ccc(OCCCCF)nc2Cc2ccccc2)CN2CCC1CC2. The zero-order chi connectivity index (χ0) is 20.8. The number of ether oxygens (including phenoxy) is 1. The van der Waals surface area contributed by atoms with Gasteiger partial charge in [-0.3, -0.25) is 9.29 Å². The Balaban J connectivity index is 1.57. The van der Waals surface area contributed by atoms with Gasteiger partial charge in [-0.05, 0) is 50.4 Å². The third-order valence-corrected chi connectivity index (χ3v) is 6.08. The molecule has 2 aromatic rings. The van der Waals surface area contributed by atoms with E-state index >= 15 is 0 Å². The van der Waals surface area contributed by atoms with Gasteiger partial charge in [0.15, 0.2) is 0 Å². The van der Waals surface area contributed by atoms with Crippen molar-refractivity contribution in [1.29, 1.82) is 0 Å². The predicted octanol–water partition coefficient (Wildman–Crippen LogP) is 3.61. The number of rotatable bonds is 7. The van der Waals surface area contributed by atoms with Crippen LogP contribution in [-0.2, 0) is 6.42 Å². The lowest BCUT2D eigenvalue weighted by Gasteiger charge is -2.47. The second-order valence-electron chi connectivity index (χ2n) is 8.28. The summed E-state index contributed by atoms with van der Waals surface area (Å²) in [6, 6.07) is 13.9. The fraction of sp³-hybridized carbons (Fsp3) is 0.480. The normalized spacial score (nSPS) is 24.9. The molecular weight excluding hydrogens is 379 g/mol. The van der Waals surface area contributed by atoms with Crippen LogP contribution in [0.15, 0.2) is 42.5 Å². The number of aromatic nitrogens is 1. The quantitative estimate of drug-likeness (QED) is 0.562. The molecule has 0 radical (unpaired) electrons. The number of unbranched alkanes of at least 4 members (excludes halogenated alkanes) is 1. The summed E-state index contributed by atoms with van der Waals surface area (Å²) >= 11 is 0. The topological polar surface area (TPSA) is 45.6 Å². The lowest BCUT2D eigenvalue weighted by molar-refractivity contribution is -0.0713. The maximum Gasteiger partial charge on any atom is 0.213 e. The van der Waals surface area contributed by atoms with Crippen LogP contribution in [0.5, 0.6) is 5.88 Å². The number of pyridine rings is 1. The maximum atomic E-state index is 12.3. The molecule has 30 heavy (non-hydrogen) atoms. The van der Waals surface area contributed by atoms with Crippen LogP contribution in [0.3, 0.4) is 0 Å². The van der Waals surface area contributed by atoms with Crippen LogP contribution in [0.2, 0.25) is 0 Å². The van der Waals surface area contributed by atoms with E-state index in [0.29, 0.717) is 38.3 Å². The summed E-state index contributed by atoms with van der Waals surface area (Å²) in [6.45, 7) is 2.87. The Kier molecular flexibility index (Phi) is 6.66. The molecule has 3 aliphatic rings. The molecule has 0 amide bonds. The van der Waals surface area contributed by atoms with E-state index in [9.17, 15) is 9.50 Å². The average Bonchev–Trinajstić information content (AvgIpc) is 2.77. The van der Waals surface area contributed by atoms with E-state index in [1.165, 1.54) is 0 Å². The molecule has 4 nitrogen and oxygen atoms in total. The highest BCUT2D eigenvalue weighted by molar-refractivity contribution is 5.44. The van der Waals surface area contributed by atoms with Crippen molar-refractivity contribution in [3.63, 3.8) is 0 Å². The first-order valence-electron chi connectivity index (χ1n) is 10.9. The van der Waals surface area contributed by atoms with Gasteiger partial charge in [0.2, 0.25) is 5.88 Å². The summed E-state index contributed by atoms with van der Waals surface area (Å²) in [7, 11) is 0. The molecule has 3 aliphatic heterocycles. The molecule has 1 unspecified atom stereocenters. The van der Waals surface area contributed by atoms with E-state index in [2.05, 4.69) is 33.9 Å². The molecule has 1 atom stereocenters. The van der Waals surface area contributed by atoms with E-state index in [0.717, 1.165) is 42.8 Å². The number of alkyl halides is 1. The molecular formula is C25H29FN2O2. The molecule has 1 aromatic carbocycles. The Labute approximate surface area is 178 Å². The van der Waals surface area contributed by atoms with Crippen LogP contribution < -0.4 is 4.74 Å². The van der Waals surface area contributed by atoms with Crippen LogP contribution >= 0.6 is 0 Å². The van der Waals surface area contributed by atoms with Crippen molar-refractivity contribution in [2.24, 2.45) is 5.92 Å². The number of hydrogen-bond donors (Lipinski definition) is 1. The van der Waals surface area contributed by atoms with Crippen molar-refractivity contribution in [3.05, 3.63) is 59.3 Å². The molecule has 3 saturated heterocycles. The van der Waals surface area contributed by atoms with Crippen molar-refractivity contribution in [3.8, 4) is 17.7 Å². The van der Waals surface area contributed by atoms with Crippen LogP contribution in [0.1, 0.15) is 42.5 Å². The summed E-state index contributed by atoms with van der Waals surface area (Å²) in [6.07, 6.45) is 3.81. The molecule has 5 rings (SSSR count). The number of aliphatic hydroxyl groups is 1. The van der Waals surface area contributed by atoms with E-state index < -0.39 is 5.60 Å². The maximum absolute atomic E-state index is 12.3. The minimum Gasteiger partial charge on any atom is -0.478 e. The third kappa shape index (κ3) is 5.00. The molecule has 1 N–H and O–H groups in total. The van der Waals surface area contributed by atoms with E-state index in [1.54, 1.807) is 0 Å². The van der Waals surface area contributed by atoms with Gasteiger partial charge in [-0.2, -0.15) is 0 Å². The van der Waals surface area contributed by atoms with E-state index in [-0.39, 0.29) is 12.6 Å². The molecule has 5 heteroatoms. The van der Waals surface area contributed by atoms with Crippen molar-refractivity contribution in [2.75, 3.05) is 32.9 Å². The largest absolute Gasteiger partial charge is 0.478 e. The van der Waals surface area contributed by atoms with Gasteiger partial charge in [0.05, 0.1) is 19.0 Å². The Hall–Kier alpha value is -2.42. The van der Waals surface area contributed by atoms with Gasteiger partial charge < -0.3 is 9.84 Å². The highest BCUT2D eigenvalue weighted by Gasteiger charge is 2.44. The second kappa shape index (κ2) is 9.59. The van der Waals surface area contributed by atoms with Gasteiger partial charge in [-0.25, -0.2) is 4.98 Å². The van der Waals surface area contributed by atoms with Crippen LogP contribution in [-0.4, -0.2) is 53.5 Å². The second-order valence-corrected chi connectivity index (χ2v) is 8.28. The number of halogens is 1. The predicted molar refractivity (Wildman–Crippen MR) is 115 cm³/mol. The number of piperidine rings is 3. The number of benzene rings is 1. The van der Waals surface area contributed by atoms with Gasteiger partial charge in [0, 0.05) is 30.5 Å². The number of fused-ring (bicyclic) bond motifs is 3. The molecule has 0 aliphatic carbocycles. The first kappa shape index (κ1) is 20.8. The smallest absolute Gasteiger partial charge is 0.213 e. The highest BCUT2D eigenvalue weighted by atomic mass is 19.1. The number of hydrogen-bond acceptors (Lipinski definition) is 4. The average molecular weight is 409 g/mol. The van der Waals surface area contributed by atoms with Crippen molar-refractivity contribution < 1.29 is 14.2 Å². The molecule has 0 spiro atoms. The minimum atomic E-state index is -0.942. The molecule has 0 saturated carbocycles. The van der Waals surface area contributed by atoms with Gasteiger partial charge in [0.1, 0.15) is 5.60 Å². The fourth-order valence-corrected chi connectivity index (χ4v) is 4.33. The Morgan fingerprint density at radius 1 is 1.13 bits per heavy atom. The molecule has 3 fully saturated rings. The van der Waals surface area contributed by atoms with Gasteiger partial charge >= 0.3 is 0 Å². The van der Waals surface area contributed by atoms with Crippen LogP contribution in [0, 0.1) is 17.8 Å². The van der Waals surface area contributed by atoms with Crippen molar-refractivity contribution in [2.45, 2.75) is 37.7 Å². The third-order valence-electron chi connectivity index (χ3n) is 6.08. The van der Waals surface area contributed by atoms with Crippen molar-refractivity contribution in [1.82, 2.24) is 9.88 Å². The zero-order valence-electron chi connectivity index (χ0n) is 17.3. The zero-order valence-corrected chi connectivity index (χ0v) is 17.3. The highest BCUT2D eigenvalue weighted by Crippen LogP contribution is 2.35. The van der Waals surface area contributed by atoms with Gasteiger partial charge in [-0.1, -0.05) is 42.2 Å². The summed E-state index contributed by atoms with van der Waals surface area (Å²) in [4.78, 5) is 6.99. The lowest BCUT2D eigenvalue weighted by Crippen LogP contribution is -2.58. The van der Waals surface area contributed by atoms with Gasteiger partial charge in [0.25, 0.3) is 0 Å². The first-order chi connectivity index (χ1) is 14.7. The molecule has 158 valence electrons. The summed E-state index contributed by atoms with van der Waals surface area (Å²) in [5, 5.41) is 11.1. The number of nitrogens with zero attached hydrogens (tertiary/aromatic N) is 2. The van der Waals surface area contributed by atoms with Gasteiger partial charge in [-0.15, -0.1) is 0 Å². The first-order valence-corrected chi connectivity index (χ1v) is 10.9.